The van der Waals surface area contributed by atoms with Crippen molar-refractivity contribution in [3.05, 3.63) is 0 Å². The quantitative estimate of drug-likeness (QED) is 0.715. The highest BCUT2D eigenvalue weighted by atomic mass is 16.5. The van der Waals surface area contributed by atoms with Crippen molar-refractivity contribution in [3.8, 4) is 0 Å². The molecule has 0 radical (unpaired) electrons. The zero-order valence-corrected chi connectivity index (χ0v) is 11.2. The molecule has 1 rings (SSSR count). The first-order valence-corrected chi connectivity index (χ1v) is 6.83. The average Bonchev–Trinajstić information content (AvgIpc) is 2.36. The fourth-order valence-corrected chi connectivity index (χ4v) is 2.60. The van der Waals surface area contributed by atoms with Crippen LogP contribution < -0.4 is 5.73 Å². The van der Waals surface area contributed by atoms with E-state index in [1.54, 1.807) is 0 Å². The fraction of sp³-hybridized carbons (Fsp3) is 0.923. The molecule has 0 aromatic rings. The lowest BCUT2D eigenvalue weighted by atomic mass is 9.95. The summed E-state index contributed by atoms with van der Waals surface area (Å²) in [5.74, 6) is 0.0978. The molecule has 0 aromatic carbocycles. The molecule has 17 heavy (non-hydrogen) atoms. The van der Waals surface area contributed by atoms with Gasteiger partial charge < -0.3 is 15.4 Å². The highest BCUT2D eigenvalue weighted by Crippen LogP contribution is 2.22. The van der Waals surface area contributed by atoms with E-state index in [9.17, 15) is 4.79 Å². The zero-order valence-electron chi connectivity index (χ0n) is 11.2. The van der Waals surface area contributed by atoms with Crippen LogP contribution in [0.2, 0.25) is 0 Å². The van der Waals surface area contributed by atoms with E-state index in [-0.39, 0.29) is 11.9 Å². The van der Waals surface area contributed by atoms with Crippen LogP contribution in [-0.4, -0.2) is 43.2 Å². The molecule has 0 aromatic heterocycles. The number of ether oxygens (including phenoxy) is 1. The zero-order chi connectivity index (χ0) is 12.7. The summed E-state index contributed by atoms with van der Waals surface area (Å²) >= 11 is 0. The molecule has 2 N–H and O–H groups in total. The molecule has 0 aliphatic carbocycles. The molecule has 0 saturated carbocycles. The summed E-state index contributed by atoms with van der Waals surface area (Å²) in [4.78, 5) is 14.1. The largest absolute Gasteiger partial charge is 0.466 e. The smallest absolute Gasteiger partial charge is 0.309 e. The summed E-state index contributed by atoms with van der Waals surface area (Å²) in [7, 11) is 0. The molecular weight excluding hydrogens is 216 g/mol. The summed E-state index contributed by atoms with van der Waals surface area (Å²) in [6, 6.07) is 0.586. The Hall–Kier alpha value is -0.610. The molecule has 1 unspecified atom stereocenters. The van der Waals surface area contributed by atoms with E-state index < -0.39 is 0 Å². The van der Waals surface area contributed by atoms with E-state index in [4.69, 9.17) is 10.5 Å². The second kappa shape index (κ2) is 7.67. The van der Waals surface area contributed by atoms with Gasteiger partial charge in [0.25, 0.3) is 0 Å². The van der Waals surface area contributed by atoms with E-state index in [2.05, 4.69) is 11.8 Å². The van der Waals surface area contributed by atoms with Crippen molar-refractivity contribution in [3.63, 3.8) is 0 Å². The third-order valence-electron chi connectivity index (χ3n) is 3.64. The number of nitrogens with two attached hydrogens (primary N) is 1. The Labute approximate surface area is 104 Å². The van der Waals surface area contributed by atoms with Crippen molar-refractivity contribution in [1.29, 1.82) is 0 Å². The molecule has 0 spiro atoms. The third-order valence-corrected chi connectivity index (χ3v) is 3.64. The highest BCUT2D eigenvalue weighted by Gasteiger charge is 2.28. The maximum absolute atomic E-state index is 11.6. The summed E-state index contributed by atoms with van der Waals surface area (Å²) in [6.07, 6.45) is 4.06. The minimum atomic E-state index is -0.0148. The first kappa shape index (κ1) is 14.5. The molecule has 1 fully saturated rings. The van der Waals surface area contributed by atoms with Crippen molar-refractivity contribution in [1.82, 2.24) is 4.90 Å². The molecule has 1 heterocycles. The van der Waals surface area contributed by atoms with E-state index in [0.29, 0.717) is 12.6 Å². The number of carbonyl (C=O) groups excluding carboxylic acids is 1. The summed E-state index contributed by atoms with van der Waals surface area (Å²) in [5.41, 5.74) is 5.63. The van der Waals surface area contributed by atoms with Crippen LogP contribution in [-0.2, 0) is 9.53 Å². The van der Waals surface area contributed by atoms with Gasteiger partial charge in [0.1, 0.15) is 0 Å². The molecule has 0 bridgehead atoms. The van der Waals surface area contributed by atoms with Gasteiger partial charge in [0, 0.05) is 6.04 Å². The van der Waals surface area contributed by atoms with Gasteiger partial charge >= 0.3 is 5.97 Å². The van der Waals surface area contributed by atoms with Crippen LogP contribution in [0.4, 0.5) is 0 Å². The minimum Gasteiger partial charge on any atom is -0.466 e. The fourth-order valence-electron chi connectivity index (χ4n) is 2.60. The average molecular weight is 242 g/mol. The highest BCUT2D eigenvalue weighted by molar-refractivity contribution is 5.72. The summed E-state index contributed by atoms with van der Waals surface area (Å²) in [5, 5.41) is 0. The van der Waals surface area contributed by atoms with Crippen molar-refractivity contribution < 1.29 is 9.53 Å². The van der Waals surface area contributed by atoms with Crippen LogP contribution in [0.1, 0.15) is 39.5 Å². The van der Waals surface area contributed by atoms with Crippen LogP contribution in [0.5, 0.6) is 0 Å². The Morgan fingerprint density at radius 3 is 2.53 bits per heavy atom. The van der Waals surface area contributed by atoms with Gasteiger partial charge in [0.05, 0.1) is 12.5 Å². The molecule has 1 aliphatic heterocycles. The van der Waals surface area contributed by atoms with E-state index in [1.165, 1.54) is 0 Å². The predicted molar refractivity (Wildman–Crippen MR) is 68.7 cm³/mol. The second-order valence-corrected chi connectivity index (χ2v) is 4.70. The number of likely N-dealkylation sites (tertiary alicyclic amines) is 1. The maximum atomic E-state index is 11.6. The monoisotopic (exact) mass is 242 g/mol. The minimum absolute atomic E-state index is 0.0148. The molecule has 100 valence electrons. The van der Waals surface area contributed by atoms with Gasteiger partial charge in [-0.2, -0.15) is 0 Å². The molecule has 4 nitrogen and oxygen atoms in total. The van der Waals surface area contributed by atoms with Gasteiger partial charge in [-0.05, 0) is 52.2 Å². The maximum Gasteiger partial charge on any atom is 0.309 e. The van der Waals surface area contributed by atoms with Gasteiger partial charge in [-0.15, -0.1) is 0 Å². The molecule has 1 aliphatic rings. The Balaban J connectivity index is 2.36. The van der Waals surface area contributed by atoms with Crippen molar-refractivity contribution in [2.75, 3.05) is 26.2 Å². The number of esters is 1. The van der Waals surface area contributed by atoms with Crippen LogP contribution in [0.3, 0.4) is 0 Å². The van der Waals surface area contributed by atoms with Crippen molar-refractivity contribution in [2.24, 2.45) is 11.7 Å². The van der Waals surface area contributed by atoms with Crippen LogP contribution >= 0.6 is 0 Å². The van der Waals surface area contributed by atoms with Crippen LogP contribution in [0, 0.1) is 5.92 Å². The lowest BCUT2D eigenvalue weighted by Gasteiger charge is -2.36. The van der Waals surface area contributed by atoms with Crippen molar-refractivity contribution >= 4 is 5.97 Å². The number of hydrogen-bond acceptors (Lipinski definition) is 4. The Morgan fingerprint density at radius 1 is 1.41 bits per heavy atom. The Morgan fingerprint density at radius 2 is 2.06 bits per heavy atom. The molecule has 4 heteroatoms. The van der Waals surface area contributed by atoms with E-state index >= 15 is 0 Å². The van der Waals surface area contributed by atoms with E-state index in [0.717, 1.165) is 45.3 Å². The lowest BCUT2D eigenvalue weighted by Crippen LogP contribution is -2.43. The first-order chi connectivity index (χ1) is 8.22. The topological polar surface area (TPSA) is 55.6 Å². The van der Waals surface area contributed by atoms with Gasteiger partial charge in [-0.3, -0.25) is 4.79 Å². The van der Waals surface area contributed by atoms with Crippen LogP contribution in [0.25, 0.3) is 0 Å². The van der Waals surface area contributed by atoms with Gasteiger partial charge in [-0.1, -0.05) is 6.92 Å². The normalized spacial score (nSPS) is 20.2. The molecule has 1 saturated heterocycles. The van der Waals surface area contributed by atoms with Crippen molar-refractivity contribution in [2.45, 2.75) is 45.6 Å². The predicted octanol–water partition coefficient (Wildman–Crippen LogP) is 1.39. The summed E-state index contributed by atoms with van der Waals surface area (Å²) in [6.45, 7) is 7.31. The third kappa shape index (κ3) is 4.28. The SMILES string of the molecule is CCOC(=O)C1CCN(C(CC)CCN)CC1. The Bertz CT molecular complexity index is 225. The van der Waals surface area contributed by atoms with Gasteiger partial charge in [0.15, 0.2) is 0 Å². The molecule has 0 amide bonds. The van der Waals surface area contributed by atoms with Gasteiger partial charge in [-0.25, -0.2) is 0 Å². The number of rotatable bonds is 6. The Kier molecular flexibility index (Phi) is 6.52. The van der Waals surface area contributed by atoms with Gasteiger partial charge in [0.2, 0.25) is 0 Å². The van der Waals surface area contributed by atoms with E-state index in [1.807, 2.05) is 6.92 Å². The standard InChI is InChI=1S/C13H26N2O2/c1-3-12(5-8-14)15-9-6-11(7-10-15)13(16)17-4-2/h11-12H,3-10,14H2,1-2H3. The number of piperidine rings is 1. The molecular formula is C13H26N2O2. The summed E-state index contributed by atoms with van der Waals surface area (Å²) < 4.78 is 5.07. The first-order valence-electron chi connectivity index (χ1n) is 6.83. The number of nitrogens with zero attached hydrogens (tertiary/aromatic N) is 1. The molecule has 1 atom stereocenters. The lowest BCUT2D eigenvalue weighted by molar-refractivity contribution is -0.149. The second-order valence-electron chi connectivity index (χ2n) is 4.70. The van der Waals surface area contributed by atoms with Crippen LogP contribution in [0.15, 0.2) is 0 Å². The number of hydrogen-bond donors (Lipinski definition) is 1. The number of carbonyl (C=O) groups is 1.